The van der Waals surface area contributed by atoms with Crippen molar-refractivity contribution < 1.29 is 30.0 Å². The second-order valence-electron chi connectivity index (χ2n) is 5.05. The minimum Gasteiger partial charge on any atom is -0.284 e. The van der Waals surface area contributed by atoms with Crippen molar-refractivity contribution in [3.8, 4) is 0 Å². The van der Waals surface area contributed by atoms with Crippen molar-refractivity contribution >= 4 is 31.4 Å². The first-order chi connectivity index (χ1) is 11.4. The summed E-state index contributed by atoms with van der Waals surface area (Å²) in [6.45, 7) is 0. The van der Waals surface area contributed by atoms with Crippen molar-refractivity contribution in [3.63, 3.8) is 0 Å². The van der Waals surface area contributed by atoms with Crippen LogP contribution in [0.4, 0.5) is 24.5 Å². The summed E-state index contributed by atoms with van der Waals surface area (Å²) in [4.78, 5) is -0.902. The van der Waals surface area contributed by atoms with E-state index in [1.165, 1.54) is 30.3 Å². The standard InChI is InChI=1S/C14H13F3N2O4S2/c1-24(20,21)18-10-6-8-11(9-7-10)19-25(22,23)13-5-3-2-4-12(13)14(15,16)17/h2-9,18-19H,1H3. The number of halogens is 3. The summed E-state index contributed by atoms with van der Waals surface area (Å²) >= 11 is 0. The predicted molar refractivity (Wildman–Crippen MR) is 87.2 cm³/mol. The molecule has 2 aromatic carbocycles. The topological polar surface area (TPSA) is 92.3 Å². The van der Waals surface area contributed by atoms with E-state index >= 15 is 0 Å². The van der Waals surface area contributed by atoms with Gasteiger partial charge in [0.15, 0.2) is 0 Å². The highest BCUT2D eigenvalue weighted by Crippen LogP contribution is 2.34. The third-order valence-corrected chi connectivity index (χ3v) is 4.97. The van der Waals surface area contributed by atoms with E-state index in [1.807, 2.05) is 4.72 Å². The Bertz CT molecular complexity index is 970. The molecule has 0 aliphatic heterocycles. The lowest BCUT2D eigenvalue weighted by molar-refractivity contribution is -0.139. The molecule has 0 fully saturated rings. The number of alkyl halides is 3. The van der Waals surface area contributed by atoms with Gasteiger partial charge in [0, 0.05) is 11.4 Å². The molecule has 6 nitrogen and oxygen atoms in total. The smallest absolute Gasteiger partial charge is 0.284 e. The van der Waals surface area contributed by atoms with Crippen LogP contribution in [0.5, 0.6) is 0 Å². The maximum Gasteiger partial charge on any atom is 0.417 e. The first-order valence-corrected chi connectivity index (χ1v) is 10.0. The molecule has 25 heavy (non-hydrogen) atoms. The first kappa shape index (κ1) is 19.1. The van der Waals surface area contributed by atoms with Crippen molar-refractivity contribution in [2.24, 2.45) is 0 Å². The number of rotatable bonds is 5. The highest BCUT2D eigenvalue weighted by molar-refractivity contribution is 7.92. The molecule has 11 heteroatoms. The van der Waals surface area contributed by atoms with Crippen molar-refractivity contribution in [3.05, 3.63) is 54.1 Å². The van der Waals surface area contributed by atoms with E-state index in [0.717, 1.165) is 18.4 Å². The van der Waals surface area contributed by atoms with Gasteiger partial charge in [-0.25, -0.2) is 16.8 Å². The number of hydrogen-bond donors (Lipinski definition) is 2. The van der Waals surface area contributed by atoms with Gasteiger partial charge >= 0.3 is 6.18 Å². The molecule has 0 saturated carbocycles. The molecule has 0 saturated heterocycles. The summed E-state index contributed by atoms with van der Waals surface area (Å²) in [7, 11) is -7.99. The van der Waals surface area contributed by atoms with E-state index in [1.54, 1.807) is 0 Å². The predicted octanol–water partition coefficient (Wildman–Crippen LogP) is 2.88. The van der Waals surface area contributed by atoms with E-state index in [4.69, 9.17) is 0 Å². The Morgan fingerprint density at radius 1 is 0.800 bits per heavy atom. The SMILES string of the molecule is CS(=O)(=O)Nc1ccc(NS(=O)(=O)c2ccccc2C(F)(F)F)cc1. The average Bonchev–Trinajstić information content (AvgIpc) is 2.47. The molecule has 2 aromatic rings. The summed E-state index contributed by atoms with van der Waals surface area (Å²) < 4.78 is 89.8. The van der Waals surface area contributed by atoms with Crippen LogP contribution in [0.2, 0.25) is 0 Å². The second kappa shape index (κ2) is 6.56. The van der Waals surface area contributed by atoms with Crippen molar-refractivity contribution in [1.82, 2.24) is 0 Å². The summed E-state index contributed by atoms with van der Waals surface area (Å²) in [6.07, 6.45) is -3.88. The van der Waals surface area contributed by atoms with Crippen LogP contribution in [0, 0.1) is 0 Å². The Morgan fingerprint density at radius 3 is 1.76 bits per heavy atom. The fourth-order valence-electron chi connectivity index (χ4n) is 1.97. The van der Waals surface area contributed by atoms with Crippen LogP contribution in [0.25, 0.3) is 0 Å². The third kappa shape index (κ3) is 5.10. The van der Waals surface area contributed by atoms with E-state index in [9.17, 15) is 30.0 Å². The molecule has 2 rings (SSSR count). The van der Waals surface area contributed by atoms with E-state index < -0.39 is 36.7 Å². The fourth-order valence-corrected chi connectivity index (χ4v) is 3.82. The highest BCUT2D eigenvalue weighted by Gasteiger charge is 2.36. The lowest BCUT2D eigenvalue weighted by Gasteiger charge is -2.14. The van der Waals surface area contributed by atoms with Crippen molar-refractivity contribution in [1.29, 1.82) is 0 Å². The molecule has 0 bridgehead atoms. The molecule has 2 N–H and O–H groups in total. The van der Waals surface area contributed by atoms with Crippen LogP contribution in [0.3, 0.4) is 0 Å². The van der Waals surface area contributed by atoms with Gasteiger partial charge < -0.3 is 0 Å². The Labute approximate surface area is 142 Å². The Hall–Kier alpha value is -2.27. The highest BCUT2D eigenvalue weighted by atomic mass is 32.2. The molecule has 0 radical (unpaired) electrons. The van der Waals surface area contributed by atoms with Gasteiger partial charge in [0.25, 0.3) is 10.0 Å². The number of hydrogen-bond acceptors (Lipinski definition) is 4. The van der Waals surface area contributed by atoms with Gasteiger partial charge in [0.2, 0.25) is 10.0 Å². The normalized spacial score (nSPS) is 12.6. The zero-order valence-electron chi connectivity index (χ0n) is 12.7. The molecule has 0 unspecified atom stereocenters. The first-order valence-electron chi connectivity index (χ1n) is 6.65. The number of anilines is 2. The van der Waals surface area contributed by atoms with Gasteiger partial charge in [-0.2, -0.15) is 13.2 Å². The molecule has 0 aliphatic carbocycles. The van der Waals surface area contributed by atoms with Crippen LogP contribution >= 0.6 is 0 Å². The third-order valence-electron chi connectivity index (χ3n) is 2.92. The van der Waals surface area contributed by atoms with Crippen molar-refractivity contribution in [2.75, 3.05) is 15.7 Å². The maximum atomic E-state index is 13.0. The van der Waals surface area contributed by atoms with Crippen molar-refractivity contribution in [2.45, 2.75) is 11.1 Å². The molecule has 0 aromatic heterocycles. The van der Waals surface area contributed by atoms with Crippen LogP contribution in [-0.4, -0.2) is 23.1 Å². The summed E-state index contributed by atoms with van der Waals surface area (Å²) in [5, 5.41) is 0. The minimum atomic E-state index is -4.82. The van der Waals surface area contributed by atoms with Crippen LogP contribution in [0.1, 0.15) is 5.56 Å². The molecular weight excluding hydrogens is 381 g/mol. The lowest BCUT2D eigenvalue weighted by Crippen LogP contribution is -2.18. The van der Waals surface area contributed by atoms with E-state index in [-0.39, 0.29) is 11.4 Å². The Morgan fingerprint density at radius 2 is 1.28 bits per heavy atom. The number of nitrogens with one attached hydrogen (secondary N) is 2. The maximum absolute atomic E-state index is 13.0. The fraction of sp³-hybridized carbons (Fsp3) is 0.143. The number of benzene rings is 2. The summed E-state index contributed by atoms with van der Waals surface area (Å²) in [5.41, 5.74) is -1.12. The number of sulfonamides is 2. The van der Waals surface area contributed by atoms with Crippen LogP contribution in [-0.2, 0) is 26.2 Å². The zero-order valence-corrected chi connectivity index (χ0v) is 14.3. The van der Waals surface area contributed by atoms with Gasteiger partial charge in [-0.3, -0.25) is 9.44 Å². The van der Waals surface area contributed by atoms with Gasteiger partial charge in [0.05, 0.1) is 16.7 Å². The molecule has 0 amide bonds. The minimum absolute atomic E-state index is 0.0176. The monoisotopic (exact) mass is 394 g/mol. The molecule has 0 heterocycles. The summed E-state index contributed by atoms with van der Waals surface area (Å²) in [6, 6.07) is 8.79. The lowest BCUT2D eigenvalue weighted by atomic mass is 10.2. The molecule has 136 valence electrons. The molecule has 0 spiro atoms. The van der Waals surface area contributed by atoms with Crippen LogP contribution in [0.15, 0.2) is 53.4 Å². The Balaban J connectivity index is 2.31. The molecule has 0 atom stereocenters. The van der Waals surface area contributed by atoms with Crippen LogP contribution < -0.4 is 9.44 Å². The van der Waals surface area contributed by atoms with Gasteiger partial charge in [-0.15, -0.1) is 0 Å². The largest absolute Gasteiger partial charge is 0.417 e. The van der Waals surface area contributed by atoms with Gasteiger partial charge in [0.1, 0.15) is 0 Å². The van der Waals surface area contributed by atoms with Gasteiger partial charge in [-0.1, -0.05) is 12.1 Å². The zero-order chi connectivity index (χ0) is 18.9. The summed E-state index contributed by atoms with van der Waals surface area (Å²) in [5.74, 6) is 0. The second-order valence-corrected chi connectivity index (χ2v) is 8.45. The van der Waals surface area contributed by atoms with E-state index in [2.05, 4.69) is 4.72 Å². The van der Waals surface area contributed by atoms with E-state index in [0.29, 0.717) is 6.07 Å². The average molecular weight is 394 g/mol. The molecular formula is C14H13F3N2O4S2. The quantitative estimate of drug-likeness (QED) is 0.816. The van der Waals surface area contributed by atoms with Gasteiger partial charge in [-0.05, 0) is 36.4 Å². The molecule has 0 aliphatic rings. The Kier molecular flexibility index (Phi) is 5.00.